The van der Waals surface area contributed by atoms with E-state index in [0.29, 0.717) is 23.3 Å². The van der Waals surface area contributed by atoms with Crippen LogP contribution in [-0.4, -0.2) is 29.9 Å². The highest BCUT2D eigenvalue weighted by Gasteiger charge is 2.47. The molecule has 1 aliphatic heterocycles. The van der Waals surface area contributed by atoms with Gasteiger partial charge in [0.15, 0.2) is 11.9 Å². The van der Waals surface area contributed by atoms with Gasteiger partial charge in [-0.05, 0) is 23.3 Å². The van der Waals surface area contributed by atoms with Crippen molar-refractivity contribution in [2.24, 2.45) is 0 Å². The number of aliphatic hydroxyl groups is 1. The van der Waals surface area contributed by atoms with Gasteiger partial charge in [-0.15, -0.1) is 0 Å². The Morgan fingerprint density at radius 2 is 1.13 bits per heavy atom. The van der Waals surface area contributed by atoms with E-state index >= 15 is 0 Å². The lowest BCUT2D eigenvalue weighted by atomic mass is 10.1. The van der Waals surface area contributed by atoms with Crippen molar-refractivity contribution >= 4 is 13.8 Å². The van der Waals surface area contributed by atoms with E-state index in [1.54, 1.807) is 60.7 Å². The summed E-state index contributed by atoms with van der Waals surface area (Å²) in [6, 6.07) is 21.2. The van der Waals surface area contributed by atoms with Crippen molar-refractivity contribution in [2.45, 2.75) is 51.0 Å². The van der Waals surface area contributed by atoms with Crippen LogP contribution in [0.15, 0.2) is 109 Å². The number of alkyl halides is 6. The van der Waals surface area contributed by atoms with E-state index in [1.165, 1.54) is 0 Å². The summed E-state index contributed by atoms with van der Waals surface area (Å²) in [6.07, 6.45) is -14.4. The SMILES string of the molecule is O=C1OC(C(CO)OP(=O)(OCc2ccccc2)OCc2ccccc2)C(OCc2cccc(F)c2C(F)(F)F)=C1OCc1cccc(F)c1C(F)(F)F. The molecule has 0 saturated carbocycles. The first-order chi connectivity index (χ1) is 25.6. The van der Waals surface area contributed by atoms with E-state index in [9.17, 15) is 49.6 Å². The molecule has 4 aromatic carbocycles. The molecule has 0 fully saturated rings. The Kier molecular flexibility index (Phi) is 12.8. The molecular formula is C36H29F8O9P. The minimum absolute atomic E-state index is 0.363. The monoisotopic (exact) mass is 788 g/mol. The van der Waals surface area contributed by atoms with Crippen molar-refractivity contribution < 1.29 is 77.4 Å². The third-order valence-electron chi connectivity index (χ3n) is 7.67. The van der Waals surface area contributed by atoms with Gasteiger partial charge in [0, 0.05) is 11.1 Å². The number of aliphatic hydroxyl groups excluding tert-OH is 1. The molecule has 0 aliphatic carbocycles. The molecule has 1 N–H and O–H groups in total. The smallest absolute Gasteiger partial charge is 0.475 e. The molecule has 288 valence electrons. The van der Waals surface area contributed by atoms with Gasteiger partial charge >= 0.3 is 26.1 Å². The molecule has 18 heteroatoms. The maximum atomic E-state index is 14.4. The summed E-state index contributed by atoms with van der Waals surface area (Å²) in [5, 5.41) is 10.4. The van der Waals surface area contributed by atoms with Crippen LogP contribution in [0.2, 0.25) is 0 Å². The van der Waals surface area contributed by atoms with E-state index < -0.39 is 104 Å². The van der Waals surface area contributed by atoms with Crippen molar-refractivity contribution in [3.8, 4) is 0 Å². The van der Waals surface area contributed by atoms with Crippen molar-refractivity contribution in [2.75, 3.05) is 6.61 Å². The van der Waals surface area contributed by atoms with Gasteiger partial charge in [0.05, 0.1) is 30.9 Å². The molecule has 0 bridgehead atoms. The number of hydrogen-bond acceptors (Lipinski definition) is 9. The van der Waals surface area contributed by atoms with Gasteiger partial charge in [-0.25, -0.2) is 18.1 Å². The Morgan fingerprint density at radius 1 is 0.667 bits per heavy atom. The third-order valence-corrected chi connectivity index (χ3v) is 9.09. The second kappa shape index (κ2) is 17.1. The topological polar surface area (TPSA) is 110 Å². The number of esters is 1. The Balaban J connectivity index is 1.50. The van der Waals surface area contributed by atoms with Gasteiger partial charge in [-0.2, -0.15) is 26.3 Å². The number of hydrogen-bond donors (Lipinski definition) is 1. The molecule has 4 aromatic rings. The van der Waals surface area contributed by atoms with Gasteiger partial charge in [-0.3, -0.25) is 13.6 Å². The third kappa shape index (κ3) is 10.0. The predicted octanol–water partition coefficient (Wildman–Crippen LogP) is 8.79. The Hall–Kier alpha value is -4.80. The van der Waals surface area contributed by atoms with Crippen molar-refractivity contribution in [3.63, 3.8) is 0 Å². The lowest BCUT2D eigenvalue weighted by molar-refractivity contribution is -0.149. The normalized spacial score (nSPS) is 15.6. The van der Waals surface area contributed by atoms with Gasteiger partial charge in [0.25, 0.3) is 0 Å². The first kappa shape index (κ1) is 40.4. The molecule has 1 heterocycles. The number of rotatable bonds is 16. The highest BCUT2D eigenvalue weighted by molar-refractivity contribution is 7.48. The van der Waals surface area contributed by atoms with Crippen LogP contribution in [0.25, 0.3) is 0 Å². The maximum Gasteiger partial charge on any atom is 0.475 e. The van der Waals surface area contributed by atoms with Crippen LogP contribution in [0, 0.1) is 11.6 Å². The predicted molar refractivity (Wildman–Crippen MR) is 171 cm³/mol. The van der Waals surface area contributed by atoms with Crippen LogP contribution >= 0.6 is 7.82 Å². The summed E-state index contributed by atoms with van der Waals surface area (Å²) in [7, 11) is -4.78. The first-order valence-corrected chi connectivity index (χ1v) is 17.2. The number of carbonyl (C=O) groups excluding carboxylic acids is 1. The van der Waals surface area contributed by atoms with E-state index in [0.717, 1.165) is 24.3 Å². The number of phosphoric ester groups is 1. The van der Waals surface area contributed by atoms with Crippen LogP contribution in [-0.2, 0) is 75.9 Å². The molecular weight excluding hydrogens is 759 g/mol. The second-order valence-electron chi connectivity index (χ2n) is 11.4. The maximum absolute atomic E-state index is 14.4. The molecule has 0 saturated heterocycles. The fourth-order valence-corrected chi connectivity index (χ4v) is 6.52. The van der Waals surface area contributed by atoms with E-state index in [4.69, 9.17) is 27.8 Å². The fourth-order valence-electron chi connectivity index (χ4n) is 5.20. The summed E-state index contributed by atoms with van der Waals surface area (Å²) >= 11 is 0. The number of cyclic esters (lactones) is 1. The molecule has 0 spiro atoms. The molecule has 9 nitrogen and oxygen atoms in total. The largest absolute Gasteiger partial charge is 0.485 e. The standard InChI is InChI=1S/C36H29F8O9P/c37-26-15-7-13-24(29(26)35(39,40)41)20-48-32-31(52-34(46)33(32)49-21-25-14-8-16-27(38)30(25)36(42,43)44)28(17-45)53-54(47,50-18-22-9-3-1-4-10-22)51-19-23-11-5-2-6-12-23/h1-16,28,31,45H,17-21H2. The molecule has 2 atom stereocenters. The molecule has 5 rings (SSSR count). The van der Waals surface area contributed by atoms with E-state index in [1.807, 2.05) is 0 Å². The van der Waals surface area contributed by atoms with Crippen molar-refractivity contribution in [3.05, 3.63) is 154 Å². The van der Waals surface area contributed by atoms with Crippen molar-refractivity contribution in [1.29, 1.82) is 0 Å². The lowest BCUT2D eigenvalue weighted by Crippen LogP contribution is -2.35. The highest BCUT2D eigenvalue weighted by Crippen LogP contribution is 2.53. The summed E-state index contributed by atoms with van der Waals surface area (Å²) in [5.41, 5.74) is -4.03. The zero-order chi connectivity index (χ0) is 39.1. The van der Waals surface area contributed by atoms with Crippen LogP contribution in [0.4, 0.5) is 35.1 Å². The number of phosphoric acid groups is 1. The number of ether oxygens (including phenoxy) is 3. The van der Waals surface area contributed by atoms with E-state index in [2.05, 4.69) is 0 Å². The lowest BCUT2D eigenvalue weighted by Gasteiger charge is -2.27. The summed E-state index contributed by atoms with van der Waals surface area (Å²) in [5.74, 6) is -6.67. The average Bonchev–Trinajstić information content (AvgIpc) is 3.44. The Labute approximate surface area is 302 Å². The van der Waals surface area contributed by atoms with Gasteiger partial charge in [0.2, 0.25) is 5.76 Å². The van der Waals surface area contributed by atoms with Crippen LogP contribution in [0.1, 0.15) is 33.4 Å². The minimum atomic E-state index is -5.22. The zero-order valence-corrected chi connectivity index (χ0v) is 28.5. The second-order valence-corrected chi connectivity index (χ2v) is 13.1. The van der Waals surface area contributed by atoms with Crippen LogP contribution < -0.4 is 0 Å². The van der Waals surface area contributed by atoms with Gasteiger partial charge < -0.3 is 19.3 Å². The molecule has 1 aliphatic rings. The average molecular weight is 789 g/mol. The minimum Gasteiger partial charge on any atom is -0.485 e. The number of carbonyl (C=O) groups is 1. The van der Waals surface area contributed by atoms with Crippen LogP contribution in [0.5, 0.6) is 0 Å². The van der Waals surface area contributed by atoms with Crippen molar-refractivity contribution in [1.82, 2.24) is 0 Å². The zero-order valence-electron chi connectivity index (χ0n) is 27.6. The number of halogens is 8. The summed E-state index contributed by atoms with van der Waals surface area (Å²) < 4.78 is 158. The number of benzene rings is 4. The van der Waals surface area contributed by atoms with Gasteiger partial charge in [0.1, 0.15) is 31.0 Å². The summed E-state index contributed by atoms with van der Waals surface area (Å²) in [4.78, 5) is 13.2. The quantitative estimate of drug-likeness (QED) is 0.0677. The molecule has 0 radical (unpaired) electrons. The molecule has 2 unspecified atom stereocenters. The first-order valence-electron chi connectivity index (χ1n) is 15.8. The molecule has 0 amide bonds. The fraction of sp³-hybridized carbons (Fsp3) is 0.250. The summed E-state index contributed by atoms with van der Waals surface area (Å²) in [6.45, 7) is -4.16. The van der Waals surface area contributed by atoms with Gasteiger partial charge in [-0.1, -0.05) is 84.9 Å². The molecule has 54 heavy (non-hydrogen) atoms. The van der Waals surface area contributed by atoms with Crippen LogP contribution in [0.3, 0.4) is 0 Å². The van der Waals surface area contributed by atoms with E-state index in [-0.39, 0.29) is 13.2 Å². The Morgan fingerprint density at radius 3 is 1.57 bits per heavy atom. The molecule has 0 aromatic heterocycles. The Bertz CT molecular complexity index is 1940. The highest BCUT2D eigenvalue weighted by atomic mass is 31.2.